The first-order valence-corrected chi connectivity index (χ1v) is 5.80. The van der Waals surface area contributed by atoms with Gasteiger partial charge in [0.2, 0.25) is 0 Å². The predicted molar refractivity (Wildman–Crippen MR) is 70.5 cm³/mol. The first kappa shape index (κ1) is 11.6. The zero-order chi connectivity index (χ0) is 13.6. The van der Waals surface area contributed by atoms with Crippen LogP contribution in [0.2, 0.25) is 0 Å². The van der Waals surface area contributed by atoms with E-state index in [1.165, 1.54) is 12.1 Å². The van der Waals surface area contributed by atoms with E-state index in [1.54, 1.807) is 23.9 Å². The van der Waals surface area contributed by atoms with Crippen molar-refractivity contribution in [2.75, 3.05) is 5.73 Å². The van der Waals surface area contributed by atoms with Gasteiger partial charge in [-0.05, 0) is 37.6 Å². The number of benzene rings is 1. The molecular formula is C13H12FN5. The van der Waals surface area contributed by atoms with Gasteiger partial charge in [0.15, 0.2) is 5.65 Å². The highest BCUT2D eigenvalue weighted by Gasteiger charge is 2.12. The second-order valence-electron chi connectivity index (χ2n) is 4.38. The number of halogens is 1. The van der Waals surface area contributed by atoms with Crippen LogP contribution in [-0.2, 0) is 0 Å². The van der Waals surface area contributed by atoms with Crippen LogP contribution in [0.15, 0.2) is 24.4 Å². The molecule has 0 bridgehead atoms. The molecule has 1 aromatic carbocycles. The summed E-state index contributed by atoms with van der Waals surface area (Å²) >= 11 is 0. The molecule has 3 rings (SSSR count). The highest BCUT2D eigenvalue weighted by molar-refractivity contribution is 5.86. The Labute approximate surface area is 108 Å². The van der Waals surface area contributed by atoms with E-state index in [-0.39, 0.29) is 5.82 Å². The van der Waals surface area contributed by atoms with E-state index in [2.05, 4.69) is 15.1 Å². The van der Waals surface area contributed by atoms with E-state index in [0.717, 1.165) is 11.3 Å². The van der Waals surface area contributed by atoms with Crippen molar-refractivity contribution < 1.29 is 4.39 Å². The third-order valence-corrected chi connectivity index (χ3v) is 2.96. The Kier molecular flexibility index (Phi) is 2.45. The molecule has 5 nitrogen and oxygen atoms in total. The molecule has 0 fully saturated rings. The standard InChI is InChI=1S/C13H12FN5/c1-7-5-9(14)3-4-11(7)19-13-10(6-16-19)12(15)17-8(2)18-13/h3-6H,1-2H3,(H2,15,17,18). The minimum atomic E-state index is -0.275. The lowest BCUT2D eigenvalue weighted by molar-refractivity contribution is 0.625. The molecule has 0 aliphatic heterocycles. The predicted octanol–water partition coefficient (Wildman–Crippen LogP) is 2.15. The van der Waals surface area contributed by atoms with Crippen molar-refractivity contribution in [3.63, 3.8) is 0 Å². The number of hydrogen-bond donors (Lipinski definition) is 1. The van der Waals surface area contributed by atoms with Gasteiger partial charge in [-0.15, -0.1) is 0 Å². The van der Waals surface area contributed by atoms with E-state index in [4.69, 9.17) is 5.73 Å². The number of nitrogens with two attached hydrogens (primary N) is 1. The Morgan fingerprint density at radius 2 is 2.00 bits per heavy atom. The van der Waals surface area contributed by atoms with Crippen LogP contribution >= 0.6 is 0 Å². The Morgan fingerprint density at radius 1 is 1.21 bits per heavy atom. The molecule has 2 aromatic heterocycles. The van der Waals surface area contributed by atoms with E-state index in [0.29, 0.717) is 22.7 Å². The summed E-state index contributed by atoms with van der Waals surface area (Å²) in [6, 6.07) is 4.53. The van der Waals surface area contributed by atoms with Gasteiger partial charge in [0.1, 0.15) is 17.5 Å². The van der Waals surface area contributed by atoms with Crippen LogP contribution in [0.1, 0.15) is 11.4 Å². The Hall–Kier alpha value is -2.50. The van der Waals surface area contributed by atoms with Gasteiger partial charge in [0.25, 0.3) is 0 Å². The molecule has 3 aromatic rings. The molecule has 0 saturated carbocycles. The zero-order valence-corrected chi connectivity index (χ0v) is 10.6. The molecule has 0 saturated heterocycles. The molecular weight excluding hydrogens is 245 g/mol. The van der Waals surface area contributed by atoms with Crippen LogP contribution in [0.3, 0.4) is 0 Å². The SMILES string of the molecule is Cc1nc(N)c2cnn(-c3ccc(F)cc3C)c2n1. The Bertz CT molecular complexity index is 778. The van der Waals surface area contributed by atoms with Gasteiger partial charge in [0, 0.05) is 0 Å². The molecule has 2 N–H and O–H groups in total. The average molecular weight is 257 g/mol. The maximum Gasteiger partial charge on any atom is 0.168 e. The fourth-order valence-corrected chi connectivity index (χ4v) is 2.08. The highest BCUT2D eigenvalue weighted by atomic mass is 19.1. The largest absolute Gasteiger partial charge is 0.383 e. The van der Waals surface area contributed by atoms with Gasteiger partial charge in [0.05, 0.1) is 17.3 Å². The molecule has 0 aliphatic carbocycles. The van der Waals surface area contributed by atoms with Gasteiger partial charge in [-0.2, -0.15) is 5.10 Å². The lowest BCUT2D eigenvalue weighted by atomic mass is 10.2. The Morgan fingerprint density at radius 3 is 2.74 bits per heavy atom. The van der Waals surface area contributed by atoms with Crippen molar-refractivity contribution in [2.24, 2.45) is 0 Å². The highest BCUT2D eigenvalue weighted by Crippen LogP contribution is 2.22. The molecule has 96 valence electrons. The van der Waals surface area contributed by atoms with Gasteiger partial charge >= 0.3 is 0 Å². The van der Waals surface area contributed by atoms with Crippen molar-refractivity contribution in [1.82, 2.24) is 19.7 Å². The molecule has 0 atom stereocenters. The summed E-state index contributed by atoms with van der Waals surface area (Å²) in [7, 11) is 0. The molecule has 0 unspecified atom stereocenters. The van der Waals surface area contributed by atoms with E-state index < -0.39 is 0 Å². The van der Waals surface area contributed by atoms with Crippen molar-refractivity contribution in [3.05, 3.63) is 41.6 Å². The summed E-state index contributed by atoms with van der Waals surface area (Å²) in [6.45, 7) is 3.59. The summed E-state index contributed by atoms with van der Waals surface area (Å²) in [5.41, 5.74) is 8.02. The first-order chi connectivity index (χ1) is 9.06. The molecule has 2 heterocycles. The molecule has 0 aliphatic rings. The van der Waals surface area contributed by atoms with Gasteiger partial charge < -0.3 is 5.73 Å². The summed E-state index contributed by atoms with van der Waals surface area (Å²) in [4.78, 5) is 8.45. The number of hydrogen-bond acceptors (Lipinski definition) is 4. The van der Waals surface area contributed by atoms with Crippen LogP contribution in [0.4, 0.5) is 10.2 Å². The Balaban J connectivity index is 2.31. The maximum atomic E-state index is 13.2. The summed E-state index contributed by atoms with van der Waals surface area (Å²) in [6.07, 6.45) is 1.62. The topological polar surface area (TPSA) is 69.6 Å². The van der Waals surface area contributed by atoms with Crippen LogP contribution in [-0.4, -0.2) is 19.7 Å². The van der Waals surface area contributed by atoms with Crippen molar-refractivity contribution in [3.8, 4) is 5.69 Å². The van der Waals surface area contributed by atoms with Crippen LogP contribution in [0.5, 0.6) is 0 Å². The number of nitrogens with zero attached hydrogens (tertiary/aromatic N) is 4. The maximum absolute atomic E-state index is 13.2. The van der Waals surface area contributed by atoms with Crippen LogP contribution in [0.25, 0.3) is 16.7 Å². The number of fused-ring (bicyclic) bond motifs is 1. The third kappa shape index (κ3) is 1.81. The number of anilines is 1. The monoisotopic (exact) mass is 257 g/mol. The third-order valence-electron chi connectivity index (χ3n) is 2.96. The molecule has 0 amide bonds. The summed E-state index contributed by atoms with van der Waals surface area (Å²) in [5.74, 6) is 0.697. The number of aryl methyl sites for hydroxylation is 2. The minimum Gasteiger partial charge on any atom is -0.383 e. The van der Waals surface area contributed by atoms with Crippen molar-refractivity contribution in [2.45, 2.75) is 13.8 Å². The van der Waals surface area contributed by atoms with Gasteiger partial charge in [-0.3, -0.25) is 0 Å². The van der Waals surface area contributed by atoms with E-state index >= 15 is 0 Å². The van der Waals surface area contributed by atoms with E-state index in [9.17, 15) is 4.39 Å². The quantitative estimate of drug-likeness (QED) is 0.725. The van der Waals surface area contributed by atoms with Crippen LogP contribution < -0.4 is 5.73 Å². The fourth-order valence-electron chi connectivity index (χ4n) is 2.08. The summed E-state index contributed by atoms with van der Waals surface area (Å²) in [5, 5.41) is 4.96. The number of aromatic nitrogens is 4. The van der Waals surface area contributed by atoms with Crippen molar-refractivity contribution in [1.29, 1.82) is 0 Å². The average Bonchev–Trinajstić information content (AvgIpc) is 2.73. The second-order valence-corrected chi connectivity index (χ2v) is 4.38. The smallest absolute Gasteiger partial charge is 0.168 e. The minimum absolute atomic E-state index is 0.275. The van der Waals surface area contributed by atoms with Gasteiger partial charge in [-0.1, -0.05) is 0 Å². The molecule has 0 radical (unpaired) electrons. The first-order valence-electron chi connectivity index (χ1n) is 5.80. The van der Waals surface area contributed by atoms with Gasteiger partial charge in [-0.25, -0.2) is 19.0 Å². The molecule has 0 spiro atoms. The number of rotatable bonds is 1. The fraction of sp³-hybridized carbons (Fsp3) is 0.154. The second kappa shape index (κ2) is 4.01. The summed E-state index contributed by atoms with van der Waals surface area (Å²) < 4.78 is 14.8. The lowest BCUT2D eigenvalue weighted by Gasteiger charge is -2.07. The normalized spacial score (nSPS) is 11.1. The van der Waals surface area contributed by atoms with Crippen LogP contribution in [0, 0.1) is 19.7 Å². The van der Waals surface area contributed by atoms with E-state index in [1.807, 2.05) is 6.92 Å². The molecule has 19 heavy (non-hydrogen) atoms. The number of nitrogen functional groups attached to an aromatic ring is 1. The molecule has 6 heteroatoms. The lowest BCUT2D eigenvalue weighted by Crippen LogP contribution is -2.03. The van der Waals surface area contributed by atoms with Crippen molar-refractivity contribution >= 4 is 16.9 Å². The zero-order valence-electron chi connectivity index (χ0n) is 10.6.